The predicted octanol–water partition coefficient (Wildman–Crippen LogP) is 4.37. The molecule has 0 radical (unpaired) electrons. The van der Waals surface area contributed by atoms with E-state index in [0.717, 1.165) is 23.3 Å². The van der Waals surface area contributed by atoms with E-state index in [1.807, 2.05) is 30.3 Å². The lowest BCUT2D eigenvalue weighted by Crippen LogP contribution is -2.19. The quantitative estimate of drug-likeness (QED) is 0.557. The third kappa shape index (κ3) is 3.54. The first-order chi connectivity index (χ1) is 13.8. The Labute approximate surface area is 163 Å². The maximum absolute atomic E-state index is 12.9. The molecule has 146 valence electrons. The summed E-state index contributed by atoms with van der Waals surface area (Å²) in [4.78, 5) is 12.6. The Hall–Kier alpha value is -3.75. The standard InChI is InChI=1S/C20H14F3N5O/c1-12-17(19(29)25-15-9-5-8-14(10-15)20(21,22)23)26-27-18-16(11-24-28(12)18)13-6-3-2-4-7-13/h2-11H,1H3,(H,25,29). The first-order valence-electron chi connectivity index (χ1n) is 8.59. The second-order valence-corrected chi connectivity index (χ2v) is 6.33. The van der Waals surface area contributed by atoms with Crippen LogP contribution in [-0.2, 0) is 6.18 Å². The highest BCUT2D eigenvalue weighted by atomic mass is 19.4. The lowest BCUT2D eigenvalue weighted by Gasteiger charge is -2.10. The molecular formula is C20H14F3N5O. The molecule has 0 atom stereocenters. The average molecular weight is 397 g/mol. The number of aryl methyl sites for hydroxylation is 1. The van der Waals surface area contributed by atoms with Crippen LogP contribution in [-0.4, -0.2) is 25.7 Å². The molecule has 0 saturated heterocycles. The molecule has 29 heavy (non-hydrogen) atoms. The number of rotatable bonds is 3. The van der Waals surface area contributed by atoms with Crippen LogP contribution in [0.3, 0.4) is 0 Å². The minimum atomic E-state index is -4.50. The summed E-state index contributed by atoms with van der Waals surface area (Å²) >= 11 is 0. The third-order valence-electron chi connectivity index (χ3n) is 4.40. The molecule has 2 aromatic heterocycles. The zero-order valence-corrected chi connectivity index (χ0v) is 15.1. The molecule has 0 spiro atoms. The molecule has 4 rings (SSSR count). The first-order valence-corrected chi connectivity index (χ1v) is 8.59. The third-order valence-corrected chi connectivity index (χ3v) is 4.40. The molecule has 0 bridgehead atoms. The largest absolute Gasteiger partial charge is 0.416 e. The number of nitrogens with zero attached hydrogens (tertiary/aromatic N) is 4. The van der Waals surface area contributed by atoms with Gasteiger partial charge < -0.3 is 5.32 Å². The average Bonchev–Trinajstić information content (AvgIpc) is 3.13. The number of anilines is 1. The van der Waals surface area contributed by atoms with Crippen LogP contribution in [0.15, 0.2) is 60.8 Å². The molecule has 1 amide bonds. The summed E-state index contributed by atoms with van der Waals surface area (Å²) < 4.78 is 40.1. The molecule has 0 saturated carbocycles. The molecule has 4 aromatic rings. The van der Waals surface area contributed by atoms with Gasteiger partial charge in [0, 0.05) is 11.3 Å². The predicted molar refractivity (Wildman–Crippen MR) is 100 cm³/mol. The van der Waals surface area contributed by atoms with Gasteiger partial charge in [0.05, 0.1) is 17.5 Å². The second-order valence-electron chi connectivity index (χ2n) is 6.33. The molecule has 9 heteroatoms. The van der Waals surface area contributed by atoms with Gasteiger partial charge in [-0.15, -0.1) is 10.2 Å². The number of carbonyl (C=O) groups is 1. The Morgan fingerprint density at radius 1 is 1.03 bits per heavy atom. The first kappa shape index (κ1) is 18.6. The van der Waals surface area contributed by atoms with E-state index in [4.69, 9.17) is 0 Å². The zero-order valence-electron chi connectivity index (χ0n) is 15.1. The van der Waals surface area contributed by atoms with Crippen molar-refractivity contribution >= 4 is 17.2 Å². The summed E-state index contributed by atoms with van der Waals surface area (Å²) in [5, 5.41) is 14.8. The summed E-state index contributed by atoms with van der Waals surface area (Å²) in [7, 11) is 0. The van der Waals surface area contributed by atoms with E-state index in [1.54, 1.807) is 13.1 Å². The highest BCUT2D eigenvalue weighted by Crippen LogP contribution is 2.31. The van der Waals surface area contributed by atoms with Crippen molar-refractivity contribution < 1.29 is 18.0 Å². The van der Waals surface area contributed by atoms with Gasteiger partial charge in [-0.1, -0.05) is 36.4 Å². The van der Waals surface area contributed by atoms with Crippen LogP contribution in [0.25, 0.3) is 16.8 Å². The van der Waals surface area contributed by atoms with Crippen molar-refractivity contribution in [2.75, 3.05) is 5.32 Å². The van der Waals surface area contributed by atoms with Crippen LogP contribution in [0.5, 0.6) is 0 Å². The minimum Gasteiger partial charge on any atom is -0.321 e. The number of alkyl halides is 3. The number of carbonyl (C=O) groups excluding carboxylic acids is 1. The fraction of sp³-hybridized carbons (Fsp3) is 0.100. The van der Waals surface area contributed by atoms with E-state index in [0.29, 0.717) is 11.3 Å². The SMILES string of the molecule is Cc1c(C(=O)Nc2cccc(C(F)(F)F)c2)nnc2c(-c3ccccc3)cnn12. The number of hydrogen-bond donors (Lipinski definition) is 1. The number of halogens is 3. The van der Waals surface area contributed by atoms with Gasteiger partial charge in [-0.2, -0.15) is 18.3 Å². The molecule has 0 fully saturated rings. The van der Waals surface area contributed by atoms with Gasteiger partial charge in [0.2, 0.25) is 0 Å². The van der Waals surface area contributed by atoms with E-state index in [-0.39, 0.29) is 11.4 Å². The lowest BCUT2D eigenvalue weighted by molar-refractivity contribution is -0.137. The summed E-state index contributed by atoms with van der Waals surface area (Å²) in [5.74, 6) is -0.673. The van der Waals surface area contributed by atoms with E-state index in [9.17, 15) is 18.0 Å². The summed E-state index contributed by atoms with van der Waals surface area (Å²) in [6.45, 7) is 1.64. The van der Waals surface area contributed by atoms with E-state index < -0.39 is 17.6 Å². The van der Waals surface area contributed by atoms with Crippen LogP contribution < -0.4 is 5.32 Å². The number of nitrogens with one attached hydrogen (secondary N) is 1. The fourth-order valence-corrected chi connectivity index (χ4v) is 2.95. The Morgan fingerprint density at radius 3 is 2.52 bits per heavy atom. The van der Waals surface area contributed by atoms with Gasteiger partial charge in [0.1, 0.15) is 0 Å². The fourth-order valence-electron chi connectivity index (χ4n) is 2.95. The van der Waals surface area contributed by atoms with Crippen LogP contribution in [0.4, 0.5) is 18.9 Å². The molecule has 0 aliphatic carbocycles. The van der Waals surface area contributed by atoms with Crippen LogP contribution in [0.1, 0.15) is 21.7 Å². The van der Waals surface area contributed by atoms with Crippen LogP contribution in [0, 0.1) is 6.92 Å². The zero-order chi connectivity index (χ0) is 20.6. The van der Waals surface area contributed by atoms with Gasteiger partial charge in [-0.25, -0.2) is 4.52 Å². The number of hydrogen-bond acceptors (Lipinski definition) is 4. The molecule has 0 aliphatic rings. The van der Waals surface area contributed by atoms with E-state index >= 15 is 0 Å². The van der Waals surface area contributed by atoms with Crippen molar-refractivity contribution in [1.82, 2.24) is 19.8 Å². The molecule has 1 N–H and O–H groups in total. The van der Waals surface area contributed by atoms with Crippen molar-refractivity contribution in [3.63, 3.8) is 0 Å². The summed E-state index contributed by atoms with van der Waals surface area (Å²) in [5.41, 5.74) is 1.68. The van der Waals surface area contributed by atoms with Gasteiger partial charge >= 0.3 is 6.18 Å². The number of benzene rings is 2. The van der Waals surface area contributed by atoms with Crippen molar-refractivity contribution in [3.8, 4) is 11.1 Å². The van der Waals surface area contributed by atoms with Crippen molar-refractivity contribution in [2.24, 2.45) is 0 Å². The highest BCUT2D eigenvalue weighted by Gasteiger charge is 2.30. The molecule has 2 aromatic carbocycles. The molecule has 0 aliphatic heterocycles. The Bertz CT molecular complexity index is 1200. The monoisotopic (exact) mass is 397 g/mol. The van der Waals surface area contributed by atoms with Crippen LogP contribution in [0.2, 0.25) is 0 Å². The Kier molecular flexibility index (Phi) is 4.50. The summed E-state index contributed by atoms with van der Waals surface area (Å²) in [6, 6.07) is 13.9. The molecular weight excluding hydrogens is 383 g/mol. The Balaban J connectivity index is 1.66. The van der Waals surface area contributed by atoms with Gasteiger partial charge in [-0.3, -0.25) is 4.79 Å². The molecule has 6 nitrogen and oxygen atoms in total. The number of amides is 1. The smallest absolute Gasteiger partial charge is 0.321 e. The van der Waals surface area contributed by atoms with Crippen molar-refractivity contribution in [3.05, 3.63) is 77.7 Å². The number of aromatic nitrogens is 4. The normalized spacial score (nSPS) is 11.6. The number of fused-ring (bicyclic) bond motifs is 1. The van der Waals surface area contributed by atoms with E-state index in [2.05, 4.69) is 20.6 Å². The van der Waals surface area contributed by atoms with Crippen LogP contribution >= 0.6 is 0 Å². The topological polar surface area (TPSA) is 72.2 Å². The molecule has 0 unspecified atom stereocenters. The van der Waals surface area contributed by atoms with E-state index in [1.165, 1.54) is 16.6 Å². The second kappa shape index (κ2) is 7.01. The maximum atomic E-state index is 12.9. The lowest BCUT2D eigenvalue weighted by atomic mass is 10.1. The molecule has 2 heterocycles. The minimum absolute atomic E-state index is 0.0107. The van der Waals surface area contributed by atoms with Crippen molar-refractivity contribution in [2.45, 2.75) is 13.1 Å². The van der Waals surface area contributed by atoms with Gasteiger partial charge in [-0.05, 0) is 30.7 Å². The van der Waals surface area contributed by atoms with Crippen molar-refractivity contribution in [1.29, 1.82) is 0 Å². The maximum Gasteiger partial charge on any atom is 0.416 e. The van der Waals surface area contributed by atoms with Gasteiger partial charge in [0.25, 0.3) is 5.91 Å². The van der Waals surface area contributed by atoms with Gasteiger partial charge in [0.15, 0.2) is 11.3 Å². The Morgan fingerprint density at radius 2 is 1.79 bits per heavy atom. The highest BCUT2D eigenvalue weighted by molar-refractivity contribution is 6.03. The summed E-state index contributed by atoms with van der Waals surface area (Å²) in [6.07, 6.45) is -2.88.